The lowest BCUT2D eigenvalue weighted by atomic mass is 10.0. The van der Waals surface area contributed by atoms with Gasteiger partial charge in [0, 0.05) is 28.5 Å². The van der Waals surface area contributed by atoms with Gasteiger partial charge in [-0.15, -0.1) is 0 Å². The van der Waals surface area contributed by atoms with Crippen LogP contribution in [0.3, 0.4) is 0 Å². The van der Waals surface area contributed by atoms with Crippen LogP contribution in [0.5, 0.6) is 0 Å². The topological polar surface area (TPSA) is 63.1 Å². The van der Waals surface area contributed by atoms with Gasteiger partial charge in [0.15, 0.2) is 5.69 Å². The summed E-state index contributed by atoms with van der Waals surface area (Å²) in [6.07, 6.45) is -3.02. The summed E-state index contributed by atoms with van der Waals surface area (Å²) >= 11 is 5.92. The Morgan fingerprint density at radius 3 is 2.29 bits per heavy atom. The van der Waals surface area contributed by atoms with Gasteiger partial charge in [-0.25, -0.2) is 0 Å². The van der Waals surface area contributed by atoms with Gasteiger partial charge in [0.25, 0.3) is 5.56 Å². The molecule has 0 spiro atoms. The summed E-state index contributed by atoms with van der Waals surface area (Å²) in [6, 6.07) is 18.3. The van der Waals surface area contributed by atoms with Gasteiger partial charge in [-0.3, -0.25) is 9.78 Å². The van der Waals surface area contributed by atoms with Crippen LogP contribution in [-0.2, 0) is 6.18 Å². The Bertz CT molecular complexity index is 1570. The molecule has 2 aromatic carbocycles. The third-order valence-electron chi connectivity index (χ3n) is 5.43. The van der Waals surface area contributed by atoms with Crippen molar-refractivity contribution in [2.24, 2.45) is 0 Å². The Hall–Kier alpha value is -3.91. The molecule has 3 heterocycles. The largest absolute Gasteiger partial charge is 0.435 e. The molecule has 5 rings (SSSR count). The van der Waals surface area contributed by atoms with Crippen molar-refractivity contribution in [3.8, 4) is 33.5 Å². The number of hydrogen-bond acceptors (Lipinski definition) is 3. The molecule has 0 aliphatic carbocycles. The number of nitrogens with one attached hydrogen (secondary N) is 1. The third kappa shape index (κ3) is 3.97. The number of benzene rings is 2. The number of halogens is 4. The molecule has 9 heteroatoms. The quantitative estimate of drug-likeness (QED) is 0.325. The first-order chi connectivity index (χ1) is 16.2. The van der Waals surface area contributed by atoms with Crippen molar-refractivity contribution in [3.05, 3.63) is 99.7 Å². The number of H-pyrrole nitrogens is 1. The molecule has 0 saturated heterocycles. The molecule has 0 bridgehead atoms. The van der Waals surface area contributed by atoms with Gasteiger partial charge in [-0.1, -0.05) is 48.0 Å². The molecule has 170 valence electrons. The Morgan fingerprint density at radius 1 is 0.912 bits per heavy atom. The number of pyridine rings is 1. The minimum Gasteiger partial charge on any atom is -0.339 e. The van der Waals surface area contributed by atoms with Crippen LogP contribution in [0.25, 0.3) is 39.2 Å². The second-order valence-corrected chi connectivity index (χ2v) is 8.22. The monoisotopic (exact) mass is 480 g/mol. The number of alkyl halides is 3. The zero-order valence-corrected chi connectivity index (χ0v) is 18.4. The summed E-state index contributed by atoms with van der Waals surface area (Å²) in [7, 11) is 0. The van der Waals surface area contributed by atoms with E-state index in [2.05, 4.69) is 15.1 Å². The molecule has 0 aliphatic heterocycles. The fourth-order valence-electron chi connectivity index (χ4n) is 3.79. The minimum absolute atomic E-state index is 0.0560. The number of hydrogen-bond donors (Lipinski definition) is 1. The standard InChI is InChI=1S/C25H16ClF3N4O/c1-14-5-6-18(13-30-14)16-3-2-4-17(11-16)20-12-21(34)33-24(31-20)22(23(32-33)25(27,28)29)15-7-9-19(26)10-8-15/h2-13,31H,1H3. The second kappa shape index (κ2) is 8.14. The van der Waals surface area contributed by atoms with E-state index in [1.165, 1.54) is 30.3 Å². The predicted octanol–water partition coefficient (Wildman–Crippen LogP) is 6.40. The molecule has 1 N–H and O–H groups in total. The van der Waals surface area contributed by atoms with Crippen molar-refractivity contribution >= 4 is 17.2 Å². The van der Waals surface area contributed by atoms with Crippen molar-refractivity contribution in [2.75, 3.05) is 0 Å². The Kier molecular flexibility index (Phi) is 5.25. The average Bonchev–Trinajstić information content (AvgIpc) is 3.21. The van der Waals surface area contributed by atoms with Crippen LogP contribution in [0.1, 0.15) is 11.4 Å². The molecule has 0 atom stereocenters. The fourth-order valence-corrected chi connectivity index (χ4v) is 3.92. The van der Waals surface area contributed by atoms with Gasteiger partial charge in [0.2, 0.25) is 0 Å². The first-order valence-corrected chi connectivity index (χ1v) is 10.6. The van der Waals surface area contributed by atoms with Crippen LogP contribution in [0.2, 0.25) is 5.02 Å². The van der Waals surface area contributed by atoms with Crippen molar-refractivity contribution < 1.29 is 13.2 Å². The summed E-state index contributed by atoms with van der Waals surface area (Å²) in [6.45, 7) is 1.89. The van der Waals surface area contributed by atoms with E-state index < -0.39 is 17.4 Å². The summed E-state index contributed by atoms with van der Waals surface area (Å²) in [4.78, 5) is 20.1. The van der Waals surface area contributed by atoms with Crippen LogP contribution in [0.15, 0.2) is 77.7 Å². The molecular formula is C25H16ClF3N4O. The van der Waals surface area contributed by atoms with E-state index in [0.717, 1.165) is 21.3 Å². The van der Waals surface area contributed by atoms with E-state index in [9.17, 15) is 18.0 Å². The minimum atomic E-state index is -4.76. The van der Waals surface area contributed by atoms with Crippen molar-refractivity contribution in [3.63, 3.8) is 0 Å². The Labute approximate surface area is 196 Å². The van der Waals surface area contributed by atoms with E-state index in [-0.39, 0.29) is 16.8 Å². The van der Waals surface area contributed by atoms with Gasteiger partial charge in [-0.05, 0) is 47.9 Å². The molecule has 0 aliphatic rings. The number of fused-ring (bicyclic) bond motifs is 1. The number of rotatable bonds is 3. The van der Waals surface area contributed by atoms with Crippen LogP contribution in [0.4, 0.5) is 13.2 Å². The summed E-state index contributed by atoms with van der Waals surface area (Å²) < 4.78 is 42.3. The first kappa shape index (κ1) is 21.9. The van der Waals surface area contributed by atoms with Crippen LogP contribution < -0.4 is 5.56 Å². The summed E-state index contributed by atoms with van der Waals surface area (Å²) in [5, 5.41) is 3.98. The summed E-state index contributed by atoms with van der Waals surface area (Å²) in [5.41, 5.74) is 1.73. The molecule has 0 fully saturated rings. The second-order valence-electron chi connectivity index (χ2n) is 7.78. The van der Waals surface area contributed by atoms with Crippen LogP contribution >= 0.6 is 11.6 Å². The van der Waals surface area contributed by atoms with Gasteiger partial charge in [-0.2, -0.15) is 22.8 Å². The van der Waals surface area contributed by atoms with Crippen LogP contribution in [0, 0.1) is 6.92 Å². The van der Waals surface area contributed by atoms with Crippen LogP contribution in [-0.4, -0.2) is 19.6 Å². The molecular weight excluding hydrogens is 465 g/mol. The highest BCUT2D eigenvalue weighted by molar-refractivity contribution is 6.30. The van der Waals surface area contributed by atoms with E-state index in [4.69, 9.17) is 11.6 Å². The number of nitrogens with zero attached hydrogens (tertiary/aromatic N) is 3. The van der Waals surface area contributed by atoms with Crippen molar-refractivity contribution in [1.29, 1.82) is 0 Å². The maximum Gasteiger partial charge on any atom is 0.435 e. The van der Waals surface area contributed by atoms with Gasteiger partial charge in [0.05, 0.1) is 11.3 Å². The fraction of sp³-hybridized carbons (Fsp3) is 0.0800. The number of aromatic amines is 1. The van der Waals surface area contributed by atoms with Gasteiger partial charge < -0.3 is 4.98 Å². The molecule has 0 saturated carbocycles. The van der Waals surface area contributed by atoms with Gasteiger partial charge >= 0.3 is 6.18 Å². The molecule has 5 aromatic rings. The van der Waals surface area contributed by atoms with Crippen molar-refractivity contribution in [1.82, 2.24) is 19.6 Å². The molecule has 0 unspecified atom stereocenters. The molecule has 0 radical (unpaired) electrons. The van der Waals surface area contributed by atoms with E-state index in [0.29, 0.717) is 16.3 Å². The molecule has 0 amide bonds. The molecule has 34 heavy (non-hydrogen) atoms. The van der Waals surface area contributed by atoms with Crippen molar-refractivity contribution in [2.45, 2.75) is 13.1 Å². The van der Waals surface area contributed by atoms with Gasteiger partial charge in [0.1, 0.15) is 5.65 Å². The molecule has 5 nitrogen and oxygen atoms in total. The lowest BCUT2D eigenvalue weighted by molar-refractivity contribution is -0.140. The molecule has 3 aromatic heterocycles. The average molecular weight is 481 g/mol. The highest BCUT2D eigenvalue weighted by Crippen LogP contribution is 2.38. The lowest BCUT2D eigenvalue weighted by Gasteiger charge is -2.09. The summed E-state index contributed by atoms with van der Waals surface area (Å²) in [5.74, 6) is 0. The first-order valence-electron chi connectivity index (χ1n) is 10.2. The zero-order chi connectivity index (χ0) is 24.0. The SMILES string of the molecule is Cc1ccc(-c2cccc(-c3cc(=O)n4nc(C(F)(F)F)c(-c5ccc(Cl)cc5)c4[nH]3)c2)cn1. The lowest BCUT2D eigenvalue weighted by Crippen LogP contribution is -2.15. The van der Waals surface area contributed by atoms with E-state index in [1.807, 2.05) is 37.3 Å². The van der Waals surface area contributed by atoms with E-state index in [1.54, 1.807) is 12.3 Å². The Morgan fingerprint density at radius 2 is 1.62 bits per heavy atom. The zero-order valence-electron chi connectivity index (χ0n) is 17.7. The highest BCUT2D eigenvalue weighted by Gasteiger charge is 2.39. The van der Waals surface area contributed by atoms with E-state index >= 15 is 0 Å². The number of aromatic nitrogens is 4. The maximum atomic E-state index is 13.9. The normalized spacial score (nSPS) is 11.8. The smallest absolute Gasteiger partial charge is 0.339 e. The third-order valence-corrected chi connectivity index (χ3v) is 5.69. The number of aryl methyl sites for hydroxylation is 1. The Balaban J connectivity index is 1.72. The predicted molar refractivity (Wildman–Crippen MR) is 125 cm³/mol. The highest BCUT2D eigenvalue weighted by atomic mass is 35.5. The maximum absolute atomic E-state index is 13.9.